The average molecular weight is 256 g/mol. The maximum absolute atomic E-state index is 4.08. The molecule has 0 spiro atoms. The normalized spacial score (nSPS) is 8.78. The Hall–Kier alpha value is 0.170. The Morgan fingerprint density at radius 2 is 2.22 bits per heavy atom. The van der Waals surface area contributed by atoms with Crippen LogP contribution in [0.4, 0.5) is 0 Å². The fourth-order valence-electron chi connectivity index (χ4n) is 0.571. The maximum atomic E-state index is 4.08. The molecule has 0 aliphatic carbocycles. The molecule has 1 heterocycles. The topological polar surface area (TPSA) is 17.8 Å². The number of hydrogen-bond acceptors (Lipinski definition) is 1. The van der Waals surface area contributed by atoms with Crippen molar-refractivity contribution in [1.82, 2.24) is 9.78 Å². The summed E-state index contributed by atoms with van der Waals surface area (Å²) in [4.78, 5) is 0. The molecular weight excluding hydrogens is 248 g/mol. The molecule has 1 rings (SSSR count). The summed E-state index contributed by atoms with van der Waals surface area (Å²) in [6.07, 6.45) is 1.93. The smallest absolute Gasteiger partial charge is 0.0735 e. The van der Waals surface area contributed by atoms with Crippen molar-refractivity contribution in [3.63, 3.8) is 0 Å². The summed E-state index contributed by atoms with van der Waals surface area (Å²) < 4.78 is 2.85. The third-order valence-electron chi connectivity index (χ3n) is 0.954. The van der Waals surface area contributed by atoms with Gasteiger partial charge in [0.05, 0.1) is 10.2 Å². The molecular formula is C5H8Br2N2. The van der Waals surface area contributed by atoms with E-state index in [1.165, 1.54) is 0 Å². The minimum Gasteiger partial charge on any atom is -0.274 e. The fraction of sp³-hybridized carbons (Fsp3) is 0.400. The Kier molecular flexibility index (Phi) is 3.43. The van der Waals surface area contributed by atoms with Crippen LogP contribution in [0.15, 0.2) is 10.7 Å². The maximum Gasteiger partial charge on any atom is 0.0735 e. The Labute approximate surface area is 73.1 Å². The van der Waals surface area contributed by atoms with E-state index in [9.17, 15) is 0 Å². The van der Waals surface area contributed by atoms with Gasteiger partial charge in [-0.15, -0.1) is 17.0 Å². The fourth-order valence-corrected chi connectivity index (χ4v) is 0.946. The van der Waals surface area contributed by atoms with Crippen LogP contribution in [0.2, 0.25) is 0 Å². The van der Waals surface area contributed by atoms with Gasteiger partial charge in [-0.1, -0.05) is 0 Å². The van der Waals surface area contributed by atoms with Crippen molar-refractivity contribution in [2.45, 2.75) is 6.92 Å². The molecule has 0 saturated carbocycles. The molecule has 0 radical (unpaired) electrons. The van der Waals surface area contributed by atoms with Crippen LogP contribution >= 0.6 is 32.9 Å². The van der Waals surface area contributed by atoms with E-state index >= 15 is 0 Å². The van der Waals surface area contributed by atoms with E-state index in [1.54, 1.807) is 4.68 Å². The monoisotopic (exact) mass is 254 g/mol. The molecule has 52 valence electrons. The first-order valence-corrected chi connectivity index (χ1v) is 3.15. The quantitative estimate of drug-likeness (QED) is 0.694. The zero-order valence-electron chi connectivity index (χ0n) is 5.26. The lowest BCUT2D eigenvalue weighted by Gasteiger charge is -1.79. The Morgan fingerprint density at radius 3 is 2.33 bits per heavy atom. The van der Waals surface area contributed by atoms with Crippen LogP contribution in [0.25, 0.3) is 0 Å². The molecule has 0 aliphatic heterocycles. The van der Waals surface area contributed by atoms with Gasteiger partial charge in [0.1, 0.15) is 0 Å². The highest BCUT2D eigenvalue weighted by Crippen LogP contribution is 2.11. The zero-order chi connectivity index (χ0) is 6.15. The van der Waals surface area contributed by atoms with E-state index in [1.807, 2.05) is 20.2 Å². The molecule has 0 bridgehead atoms. The summed E-state index contributed by atoms with van der Waals surface area (Å²) in [7, 11) is 1.90. The van der Waals surface area contributed by atoms with E-state index in [0.29, 0.717) is 0 Å². The van der Waals surface area contributed by atoms with Gasteiger partial charge in [-0.25, -0.2) is 0 Å². The van der Waals surface area contributed by atoms with Gasteiger partial charge in [-0.05, 0) is 22.9 Å². The van der Waals surface area contributed by atoms with E-state index in [-0.39, 0.29) is 17.0 Å². The third-order valence-corrected chi connectivity index (χ3v) is 1.73. The summed E-state index contributed by atoms with van der Waals surface area (Å²) in [6.45, 7) is 1.96. The van der Waals surface area contributed by atoms with Crippen molar-refractivity contribution >= 4 is 32.9 Å². The van der Waals surface area contributed by atoms with Gasteiger partial charge < -0.3 is 0 Å². The Morgan fingerprint density at radius 1 is 1.67 bits per heavy atom. The number of rotatable bonds is 0. The van der Waals surface area contributed by atoms with Gasteiger partial charge in [0, 0.05) is 13.2 Å². The lowest BCUT2D eigenvalue weighted by atomic mass is 10.5. The molecule has 0 unspecified atom stereocenters. The standard InChI is InChI=1S/C5H7BrN2.BrH/c1-4-5(6)3-8(2)7-4;/h3H,1-2H3;1H. The van der Waals surface area contributed by atoms with Gasteiger partial charge >= 0.3 is 0 Å². The second-order valence-corrected chi connectivity index (χ2v) is 2.59. The molecule has 0 atom stereocenters. The lowest BCUT2D eigenvalue weighted by Crippen LogP contribution is -1.86. The Bertz CT molecular complexity index is 175. The molecule has 1 aromatic rings. The first-order valence-electron chi connectivity index (χ1n) is 2.36. The molecule has 4 heteroatoms. The highest BCUT2D eigenvalue weighted by Gasteiger charge is 1.94. The Balaban J connectivity index is 0.000000640. The van der Waals surface area contributed by atoms with Crippen molar-refractivity contribution in [2.75, 3.05) is 0 Å². The van der Waals surface area contributed by atoms with Crippen LogP contribution < -0.4 is 0 Å². The minimum atomic E-state index is 0. The van der Waals surface area contributed by atoms with Crippen molar-refractivity contribution in [2.24, 2.45) is 7.05 Å². The van der Waals surface area contributed by atoms with Gasteiger partial charge in [-0.3, -0.25) is 4.68 Å². The molecule has 0 saturated heterocycles. The summed E-state index contributed by atoms with van der Waals surface area (Å²) in [5.74, 6) is 0. The summed E-state index contributed by atoms with van der Waals surface area (Å²) in [5, 5.41) is 4.08. The average Bonchev–Trinajstić information content (AvgIpc) is 1.85. The van der Waals surface area contributed by atoms with Crippen molar-refractivity contribution < 1.29 is 0 Å². The van der Waals surface area contributed by atoms with Crippen LogP contribution in [-0.2, 0) is 7.05 Å². The molecule has 0 fully saturated rings. The number of halogens is 2. The van der Waals surface area contributed by atoms with E-state index in [4.69, 9.17) is 0 Å². The first-order chi connectivity index (χ1) is 3.70. The molecule has 2 nitrogen and oxygen atoms in total. The van der Waals surface area contributed by atoms with E-state index in [0.717, 1.165) is 10.2 Å². The van der Waals surface area contributed by atoms with Crippen LogP contribution in [0.5, 0.6) is 0 Å². The third kappa shape index (κ3) is 2.10. The second kappa shape index (κ2) is 3.37. The summed E-state index contributed by atoms with van der Waals surface area (Å²) >= 11 is 3.33. The van der Waals surface area contributed by atoms with Crippen LogP contribution in [0.3, 0.4) is 0 Å². The second-order valence-electron chi connectivity index (χ2n) is 1.74. The first kappa shape index (κ1) is 9.17. The predicted molar refractivity (Wildman–Crippen MR) is 46.0 cm³/mol. The highest BCUT2D eigenvalue weighted by atomic mass is 79.9. The SMILES string of the molecule is Br.Cc1nn(C)cc1Br. The van der Waals surface area contributed by atoms with Crippen molar-refractivity contribution in [3.05, 3.63) is 16.4 Å². The molecule has 0 amide bonds. The zero-order valence-corrected chi connectivity index (χ0v) is 8.56. The van der Waals surface area contributed by atoms with Crippen LogP contribution in [0, 0.1) is 6.92 Å². The van der Waals surface area contributed by atoms with Crippen LogP contribution in [0.1, 0.15) is 5.69 Å². The minimum absolute atomic E-state index is 0. The molecule has 0 aliphatic rings. The summed E-state index contributed by atoms with van der Waals surface area (Å²) in [5.41, 5.74) is 1.03. The van der Waals surface area contributed by atoms with E-state index < -0.39 is 0 Å². The number of aromatic nitrogens is 2. The number of aryl methyl sites for hydroxylation is 2. The van der Waals surface area contributed by atoms with Crippen molar-refractivity contribution in [1.29, 1.82) is 0 Å². The lowest BCUT2D eigenvalue weighted by molar-refractivity contribution is 0.756. The predicted octanol–water partition coefficient (Wildman–Crippen LogP) is 2.07. The van der Waals surface area contributed by atoms with Crippen molar-refractivity contribution in [3.8, 4) is 0 Å². The summed E-state index contributed by atoms with van der Waals surface area (Å²) in [6, 6.07) is 0. The van der Waals surface area contributed by atoms with Gasteiger partial charge in [0.25, 0.3) is 0 Å². The largest absolute Gasteiger partial charge is 0.274 e. The van der Waals surface area contributed by atoms with Crippen LogP contribution in [-0.4, -0.2) is 9.78 Å². The molecule has 0 aromatic carbocycles. The molecule has 0 N–H and O–H groups in total. The molecule has 1 aromatic heterocycles. The van der Waals surface area contributed by atoms with Gasteiger partial charge in [0.2, 0.25) is 0 Å². The number of nitrogens with zero attached hydrogens (tertiary/aromatic N) is 2. The van der Waals surface area contributed by atoms with Gasteiger partial charge in [0.15, 0.2) is 0 Å². The highest BCUT2D eigenvalue weighted by molar-refractivity contribution is 9.10. The van der Waals surface area contributed by atoms with E-state index in [2.05, 4.69) is 21.0 Å². The van der Waals surface area contributed by atoms with Gasteiger partial charge in [-0.2, -0.15) is 5.10 Å². The molecule has 9 heavy (non-hydrogen) atoms. The number of hydrogen-bond donors (Lipinski definition) is 0.